The monoisotopic (exact) mass is 297 g/mol. The van der Waals surface area contributed by atoms with E-state index in [0.717, 1.165) is 25.5 Å². The average Bonchev–Trinajstić information content (AvgIpc) is 2.39. The lowest BCUT2D eigenvalue weighted by molar-refractivity contribution is 0.223. The molecule has 0 saturated carbocycles. The molecule has 5 nitrogen and oxygen atoms in total. The van der Waals surface area contributed by atoms with Crippen molar-refractivity contribution in [1.29, 1.82) is 5.26 Å². The molecule has 1 heterocycles. The molecule has 1 fully saturated rings. The zero-order valence-corrected chi connectivity index (χ0v) is 11.7. The van der Waals surface area contributed by atoms with Gasteiger partial charge in [0.25, 0.3) is 0 Å². The van der Waals surface area contributed by atoms with Crippen LogP contribution in [0.3, 0.4) is 0 Å². The number of nitrogens with one attached hydrogen (secondary N) is 1. The molecule has 1 aliphatic rings. The largest absolute Gasteiger partial charge is 0.289 e. The summed E-state index contributed by atoms with van der Waals surface area (Å²) in [6.45, 7) is 1.59. The smallest absolute Gasteiger partial charge is 0.240 e. The lowest BCUT2D eigenvalue weighted by atomic mass is 10.1. The van der Waals surface area contributed by atoms with E-state index in [4.69, 9.17) is 5.26 Å². The summed E-state index contributed by atoms with van der Waals surface area (Å²) in [6.07, 6.45) is 1.55. The fourth-order valence-corrected chi connectivity index (χ4v) is 3.61. The molecule has 7 heteroatoms. The second kappa shape index (κ2) is 6.31. The highest BCUT2D eigenvalue weighted by Crippen LogP contribution is 2.15. The Morgan fingerprint density at radius 2 is 2.30 bits per heavy atom. The summed E-state index contributed by atoms with van der Waals surface area (Å²) in [5.41, 5.74) is 0. The number of rotatable bonds is 4. The summed E-state index contributed by atoms with van der Waals surface area (Å²) in [6, 6.07) is 6.75. The maximum absolute atomic E-state index is 13.1. The Balaban J connectivity index is 2.07. The Morgan fingerprint density at radius 1 is 1.50 bits per heavy atom. The van der Waals surface area contributed by atoms with Crippen LogP contribution in [0.25, 0.3) is 0 Å². The first-order valence-electron chi connectivity index (χ1n) is 6.38. The van der Waals surface area contributed by atoms with Crippen molar-refractivity contribution in [2.45, 2.75) is 23.8 Å². The van der Waals surface area contributed by atoms with Crippen LogP contribution < -0.4 is 4.72 Å². The van der Waals surface area contributed by atoms with E-state index in [1.54, 1.807) is 0 Å². The number of likely N-dealkylation sites (tertiary alicyclic amines) is 1. The molecule has 0 aromatic heterocycles. The van der Waals surface area contributed by atoms with Crippen molar-refractivity contribution in [3.05, 3.63) is 30.1 Å². The number of sulfonamides is 1. The van der Waals surface area contributed by atoms with Crippen LogP contribution in [-0.2, 0) is 10.0 Å². The van der Waals surface area contributed by atoms with Crippen LogP contribution in [-0.4, -0.2) is 39.0 Å². The predicted octanol–water partition coefficient (Wildman–Crippen LogP) is 1.09. The van der Waals surface area contributed by atoms with Gasteiger partial charge in [0.05, 0.1) is 17.5 Å². The van der Waals surface area contributed by atoms with Crippen molar-refractivity contribution in [1.82, 2.24) is 9.62 Å². The lowest BCUT2D eigenvalue weighted by Crippen LogP contribution is -2.47. The van der Waals surface area contributed by atoms with Gasteiger partial charge in [-0.15, -0.1) is 0 Å². The first-order chi connectivity index (χ1) is 9.51. The van der Waals surface area contributed by atoms with Gasteiger partial charge in [0.15, 0.2) is 0 Å². The van der Waals surface area contributed by atoms with Gasteiger partial charge < -0.3 is 0 Å². The normalized spacial score (nSPS) is 20.5. The fourth-order valence-electron chi connectivity index (χ4n) is 2.32. The van der Waals surface area contributed by atoms with Gasteiger partial charge in [-0.2, -0.15) is 5.26 Å². The summed E-state index contributed by atoms with van der Waals surface area (Å²) >= 11 is 0. The number of nitrogens with zero attached hydrogens (tertiary/aromatic N) is 2. The molecule has 1 aliphatic heterocycles. The predicted molar refractivity (Wildman–Crippen MR) is 71.8 cm³/mol. The van der Waals surface area contributed by atoms with E-state index < -0.39 is 15.8 Å². The van der Waals surface area contributed by atoms with Crippen LogP contribution in [0.15, 0.2) is 29.2 Å². The van der Waals surface area contributed by atoms with Crippen molar-refractivity contribution in [3.8, 4) is 6.07 Å². The molecule has 0 radical (unpaired) electrons. The standard InChI is InChI=1S/C13H16FN3O2S/c14-11-3-1-5-13(9-11)20(18,19)16-12-4-2-7-17(10-12)8-6-15/h1,3,5,9,12,16H,2,4,7-8,10H2. The van der Waals surface area contributed by atoms with Crippen molar-refractivity contribution < 1.29 is 12.8 Å². The van der Waals surface area contributed by atoms with Crippen molar-refractivity contribution in [2.75, 3.05) is 19.6 Å². The molecular weight excluding hydrogens is 281 g/mol. The quantitative estimate of drug-likeness (QED) is 0.844. The van der Waals surface area contributed by atoms with Crippen LogP contribution in [0.5, 0.6) is 0 Å². The molecule has 1 unspecified atom stereocenters. The number of nitriles is 1. The first-order valence-corrected chi connectivity index (χ1v) is 7.87. The highest BCUT2D eigenvalue weighted by atomic mass is 32.2. The molecule has 1 saturated heterocycles. The Labute approximate surface area is 118 Å². The van der Waals surface area contributed by atoms with Crippen LogP contribution in [0.2, 0.25) is 0 Å². The van der Waals surface area contributed by atoms with E-state index in [1.165, 1.54) is 18.2 Å². The van der Waals surface area contributed by atoms with Gasteiger partial charge in [0, 0.05) is 12.6 Å². The molecule has 0 amide bonds. The SMILES string of the molecule is N#CCN1CCCC(NS(=O)(=O)c2cccc(F)c2)C1. The maximum Gasteiger partial charge on any atom is 0.240 e. The van der Waals surface area contributed by atoms with Crippen LogP contribution in [0.1, 0.15) is 12.8 Å². The van der Waals surface area contributed by atoms with Gasteiger partial charge in [-0.05, 0) is 37.6 Å². The molecule has 1 atom stereocenters. The molecule has 1 N–H and O–H groups in total. The third kappa shape index (κ3) is 3.76. The molecular formula is C13H16FN3O2S. The summed E-state index contributed by atoms with van der Waals surface area (Å²) in [7, 11) is -3.72. The fraction of sp³-hybridized carbons (Fsp3) is 0.462. The van der Waals surface area contributed by atoms with E-state index in [-0.39, 0.29) is 17.5 Å². The summed E-state index contributed by atoms with van der Waals surface area (Å²) in [5, 5.41) is 8.67. The average molecular weight is 297 g/mol. The van der Waals surface area contributed by atoms with Gasteiger partial charge >= 0.3 is 0 Å². The molecule has 1 aromatic carbocycles. The number of benzene rings is 1. The molecule has 0 spiro atoms. The second-order valence-corrected chi connectivity index (χ2v) is 6.53. The van der Waals surface area contributed by atoms with Crippen molar-refractivity contribution >= 4 is 10.0 Å². The Morgan fingerprint density at radius 3 is 3.00 bits per heavy atom. The molecule has 0 aliphatic carbocycles. The number of hydrogen-bond acceptors (Lipinski definition) is 4. The highest BCUT2D eigenvalue weighted by Gasteiger charge is 2.25. The van der Waals surface area contributed by atoms with Crippen LogP contribution in [0.4, 0.5) is 4.39 Å². The maximum atomic E-state index is 13.1. The second-order valence-electron chi connectivity index (χ2n) is 4.81. The minimum atomic E-state index is -3.72. The third-order valence-corrected chi connectivity index (χ3v) is 4.75. The van der Waals surface area contributed by atoms with Gasteiger partial charge in [-0.25, -0.2) is 17.5 Å². The lowest BCUT2D eigenvalue weighted by Gasteiger charge is -2.31. The van der Waals surface area contributed by atoms with Gasteiger partial charge in [0.2, 0.25) is 10.0 Å². The minimum absolute atomic E-state index is 0.0742. The van der Waals surface area contributed by atoms with Crippen molar-refractivity contribution in [3.63, 3.8) is 0 Å². The zero-order valence-electron chi connectivity index (χ0n) is 10.9. The van der Waals surface area contributed by atoms with Gasteiger partial charge in [-0.1, -0.05) is 6.07 Å². The number of halogens is 1. The van der Waals surface area contributed by atoms with Crippen LogP contribution in [0, 0.1) is 17.1 Å². The molecule has 2 rings (SSSR count). The van der Waals surface area contributed by atoms with E-state index in [0.29, 0.717) is 6.54 Å². The zero-order chi connectivity index (χ0) is 14.6. The van der Waals surface area contributed by atoms with E-state index in [2.05, 4.69) is 10.8 Å². The van der Waals surface area contributed by atoms with E-state index in [1.807, 2.05) is 4.90 Å². The van der Waals surface area contributed by atoms with Gasteiger partial charge in [-0.3, -0.25) is 4.90 Å². The Hall–Kier alpha value is -1.49. The number of hydrogen-bond donors (Lipinski definition) is 1. The summed E-state index contributed by atoms with van der Waals surface area (Å²) in [5.74, 6) is -0.581. The third-order valence-electron chi connectivity index (χ3n) is 3.23. The van der Waals surface area contributed by atoms with E-state index >= 15 is 0 Å². The summed E-state index contributed by atoms with van der Waals surface area (Å²) < 4.78 is 40.0. The first kappa shape index (κ1) is 14.9. The molecule has 20 heavy (non-hydrogen) atoms. The van der Waals surface area contributed by atoms with Crippen molar-refractivity contribution in [2.24, 2.45) is 0 Å². The Bertz CT molecular complexity index is 612. The summed E-state index contributed by atoms with van der Waals surface area (Å²) in [4.78, 5) is 1.83. The Kier molecular flexibility index (Phi) is 4.70. The topological polar surface area (TPSA) is 73.2 Å². The highest BCUT2D eigenvalue weighted by molar-refractivity contribution is 7.89. The van der Waals surface area contributed by atoms with Crippen LogP contribution >= 0.6 is 0 Å². The minimum Gasteiger partial charge on any atom is -0.289 e. The van der Waals surface area contributed by atoms with Gasteiger partial charge in [0.1, 0.15) is 5.82 Å². The molecule has 0 bridgehead atoms. The number of piperidine rings is 1. The van der Waals surface area contributed by atoms with E-state index in [9.17, 15) is 12.8 Å². The molecule has 108 valence electrons. The molecule has 1 aromatic rings.